The molecule has 0 aliphatic carbocycles. The van der Waals surface area contributed by atoms with E-state index >= 15 is 0 Å². The molecule has 2 radical (unpaired) electrons. The molecule has 1 atom stereocenters. The number of amides is 1. The van der Waals surface area contributed by atoms with Gasteiger partial charge in [0.2, 0.25) is 5.91 Å². The Bertz CT molecular complexity index is 472. The molecule has 1 amide bonds. The monoisotopic (exact) mass is 225 g/mol. The number of halogens is 3. The van der Waals surface area contributed by atoms with Gasteiger partial charge in [-0.1, -0.05) is 17.6 Å². The summed E-state index contributed by atoms with van der Waals surface area (Å²) < 4.78 is 38.7. The highest BCUT2D eigenvalue weighted by Crippen LogP contribution is 2.47. The summed E-state index contributed by atoms with van der Waals surface area (Å²) in [6.07, 6.45) is -4.64. The van der Waals surface area contributed by atoms with Gasteiger partial charge in [-0.2, -0.15) is 13.2 Å². The summed E-state index contributed by atoms with van der Waals surface area (Å²) in [5, 5.41) is 2.21. The predicted molar refractivity (Wildman–Crippen MR) is 53.9 cm³/mol. The molecular formula is C10H7BF3NO. The van der Waals surface area contributed by atoms with Gasteiger partial charge in [0, 0.05) is 5.69 Å². The highest BCUT2D eigenvalue weighted by molar-refractivity contribution is 6.32. The van der Waals surface area contributed by atoms with Crippen molar-refractivity contribution in [2.24, 2.45) is 0 Å². The molecule has 0 bridgehead atoms. The Labute approximate surface area is 91.2 Å². The maximum atomic E-state index is 12.9. The predicted octanol–water partition coefficient (Wildman–Crippen LogP) is 1.25. The Kier molecular flexibility index (Phi) is 2.09. The van der Waals surface area contributed by atoms with Gasteiger partial charge in [-0.25, -0.2) is 0 Å². The minimum absolute atomic E-state index is 0.120. The number of carbonyl (C=O) groups is 1. The van der Waals surface area contributed by atoms with Gasteiger partial charge in [0.15, 0.2) is 5.41 Å². The summed E-state index contributed by atoms with van der Waals surface area (Å²) in [6, 6.07) is 4.00. The third-order valence-electron chi connectivity index (χ3n) is 2.85. The van der Waals surface area contributed by atoms with Crippen LogP contribution < -0.4 is 10.8 Å². The molecule has 1 unspecified atom stereocenters. The molecule has 6 heteroatoms. The maximum Gasteiger partial charge on any atom is 0.407 e. The molecule has 82 valence electrons. The maximum absolute atomic E-state index is 12.9. The number of benzene rings is 1. The van der Waals surface area contributed by atoms with Gasteiger partial charge in [0.25, 0.3) is 0 Å². The van der Waals surface area contributed by atoms with Gasteiger partial charge in [-0.15, -0.1) is 0 Å². The van der Waals surface area contributed by atoms with E-state index in [1.54, 1.807) is 0 Å². The van der Waals surface area contributed by atoms with Crippen molar-refractivity contribution in [2.45, 2.75) is 18.5 Å². The molecule has 1 aliphatic heterocycles. The molecule has 0 saturated carbocycles. The minimum atomic E-state index is -4.64. The van der Waals surface area contributed by atoms with Crippen LogP contribution in [-0.2, 0) is 10.2 Å². The first-order valence-electron chi connectivity index (χ1n) is 4.55. The highest BCUT2D eigenvalue weighted by atomic mass is 19.4. The fourth-order valence-corrected chi connectivity index (χ4v) is 1.74. The molecule has 0 saturated heterocycles. The zero-order valence-corrected chi connectivity index (χ0v) is 8.35. The normalized spacial score (nSPS) is 24.1. The van der Waals surface area contributed by atoms with E-state index in [4.69, 9.17) is 7.85 Å². The Balaban J connectivity index is 2.67. The van der Waals surface area contributed by atoms with Crippen LogP contribution in [0.2, 0.25) is 0 Å². The summed E-state index contributed by atoms with van der Waals surface area (Å²) in [5.74, 6) is -1.07. The number of nitrogens with one attached hydrogen (secondary N) is 1. The summed E-state index contributed by atoms with van der Waals surface area (Å²) in [6.45, 7) is 0.855. The fraction of sp³-hybridized carbons (Fsp3) is 0.300. The lowest BCUT2D eigenvalue weighted by Gasteiger charge is -2.25. The van der Waals surface area contributed by atoms with Crippen LogP contribution in [0, 0.1) is 0 Å². The van der Waals surface area contributed by atoms with Crippen molar-refractivity contribution in [3.63, 3.8) is 0 Å². The van der Waals surface area contributed by atoms with Crippen LogP contribution in [-0.4, -0.2) is 19.9 Å². The Hall–Kier alpha value is -1.46. The molecule has 1 aromatic carbocycles. The number of hydrogen-bond donors (Lipinski definition) is 1. The van der Waals surface area contributed by atoms with Gasteiger partial charge in [0.1, 0.15) is 7.85 Å². The average molecular weight is 225 g/mol. The molecule has 0 aromatic heterocycles. The van der Waals surface area contributed by atoms with Gasteiger partial charge >= 0.3 is 6.18 Å². The van der Waals surface area contributed by atoms with Crippen LogP contribution in [0.25, 0.3) is 0 Å². The Morgan fingerprint density at radius 3 is 2.56 bits per heavy atom. The van der Waals surface area contributed by atoms with Crippen LogP contribution in [0.3, 0.4) is 0 Å². The molecule has 1 aliphatic rings. The molecule has 1 heterocycles. The minimum Gasteiger partial charge on any atom is -0.325 e. The molecule has 0 spiro atoms. The Morgan fingerprint density at radius 2 is 2.00 bits per heavy atom. The van der Waals surface area contributed by atoms with Gasteiger partial charge in [0.05, 0.1) is 0 Å². The SMILES string of the molecule is [B]c1ccc2c(c1)C(C)(C(F)(F)F)C(=O)N2. The third-order valence-corrected chi connectivity index (χ3v) is 2.85. The van der Waals surface area contributed by atoms with E-state index in [2.05, 4.69) is 5.32 Å². The number of rotatable bonds is 0. The van der Waals surface area contributed by atoms with Gasteiger partial charge in [-0.05, 0) is 18.6 Å². The molecule has 0 fully saturated rings. The zero-order valence-electron chi connectivity index (χ0n) is 8.35. The average Bonchev–Trinajstić information content (AvgIpc) is 2.41. The molecular weight excluding hydrogens is 218 g/mol. The summed E-state index contributed by atoms with van der Waals surface area (Å²) in [7, 11) is 5.43. The van der Waals surface area contributed by atoms with E-state index in [1.165, 1.54) is 18.2 Å². The molecule has 2 nitrogen and oxygen atoms in total. The second-order valence-electron chi connectivity index (χ2n) is 3.88. The van der Waals surface area contributed by atoms with E-state index in [0.717, 1.165) is 6.92 Å². The summed E-state index contributed by atoms with van der Waals surface area (Å²) >= 11 is 0. The van der Waals surface area contributed by atoms with E-state index < -0.39 is 17.5 Å². The first-order chi connectivity index (χ1) is 7.26. The van der Waals surface area contributed by atoms with Crippen molar-refractivity contribution in [2.75, 3.05) is 5.32 Å². The lowest BCUT2D eigenvalue weighted by atomic mass is 9.80. The van der Waals surface area contributed by atoms with Crippen molar-refractivity contribution in [1.82, 2.24) is 0 Å². The largest absolute Gasteiger partial charge is 0.407 e. The van der Waals surface area contributed by atoms with Crippen molar-refractivity contribution in [3.05, 3.63) is 23.8 Å². The van der Waals surface area contributed by atoms with Crippen LogP contribution in [0.15, 0.2) is 18.2 Å². The lowest BCUT2D eigenvalue weighted by Crippen LogP contribution is -2.45. The number of fused-ring (bicyclic) bond motifs is 1. The van der Waals surface area contributed by atoms with Crippen molar-refractivity contribution in [3.8, 4) is 0 Å². The second kappa shape index (κ2) is 3.03. The number of anilines is 1. The van der Waals surface area contributed by atoms with Gasteiger partial charge in [-0.3, -0.25) is 4.79 Å². The number of carbonyl (C=O) groups excluding carboxylic acids is 1. The Morgan fingerprint density at radius 1 is 1.38 bits per heavy atom. The lowest BCUT2D eigenvalue weighted by molar-refractivity contribution is -0.186. The van der Waals surface area contributed by atoms with E-state index in [1.807, 2.05) is 0 Å². The molecule has 16 heavy (non-hydrogen) atoms. The summed E-state index contributed by atoms with van der Waals surface area (Å²) in [5.41, 5.74) is -2.27. The smallest absolute Gasteiger partial charge is 0.325 e. The first kappa shape index (κ1) is 11.0. The zero-order chi connectivity index (χ0) is 12.1. The van der Waals surface area contributed by atoms with E-state index in [0.29, 0.717) is 0 Å². The fourth-order valence-electron chi connectivity index (χ4n) is 1.74. The number of alkyl halides is 3. The summed E-state index contributed by atoms with van der Waals surface area (Å²) in [4.78, 5) is 11.4. The van der Waals surface area contributed by atoms with Gasteiger partial charge < -0.3 is 5.32 Å². The standard InChI is InChI=1S/C10H7BF3NO/c1-9(10(12,13)14)6-4-5(11)2-3-7(6)15-8(9)16/h2-4H,1H3,(H,15,16). The quantitative estimate of drug-likeness (QED) is 0.661. The third kappa shape index (κ3) is 1.25. The highest BCUT2D eigenvalue weighted by Gasteiger charge is 2.61. The van der Waals surface area contributed by atoms with Crippen LogP contribution >= 0.6 is 0 Å². The van der Waals surface area contributed by atoms with Crippen LogP contribution in [0.4, 0.5) is 18.9 Å². The molecule has 2 rings (SSSR count). The van der Waals surface area contributed by atoms with E-state index in [9.17, 15) is 18.0 Å². The molecule has 1 N–H and O–H groups in total. The second-order valence-corrected chi connectivity index (χ2v) is 3.88. The van der Waals surface area contributed by atoms with Crippen molar-refractivity contribution >= 4 is 24.9 Å². The van der Waals surface area contributed by atoms with Crippen LogP contribution in [0.1, 0.15) is 12.5 Å². The number of hydrogen-bond acceptors (Lipinski definition) is 1. The topological polar surface area (TPSA) is 29.1 Å². The van der Waals surface area contributed by atoms with E-state index in [-0.39, 0.29) is 16.7 Å². The first-order valence-corrected chi connectivity index (χ1v) is 4.55. The van der Waals surface area contributed by atoms with Crippen LogP contribution in [0.5, 0.6) is 0 Å². The van der Waals surface area contributed by atoms with Crippen molar-refractivity contribution in [1.29, 1.82) is 0 Å². The van der Waals surface area contributed by atoms with Crippen molar-refractivity contribution < 1.29 is 18.0 Å². The molecule has 1 aromatic rings.